The molecule has 0 amide bonds. The van der Waals surface area contributed by atoms with E-state index in [1.807, 2.05) is 0 Å². The largest absolute Gasteiger partial charge is 0.455 e. The Kier molecular flexibility index (Phi) is 5.58. The van der Waals surface area contributed by atoms with E-state index in [0.29, 0.717) is 4.90 Å². The molecule has 0 fully saturated rings. The lowest BCUT2D eigenvalue weighted by atomic mass is 10.2. The second-order valence-electron chi connectivity index (χ2n) is 4.44. The smallest absolute Gasteiger partial charge is 0.416 e. The molecular weight excluding hydrogens is 369 g/mol. The second kappa shape index (κ2) is 7.29. The lowest BCUT2D eigenvalue weighted by Crippen LogP contribution is -2.04. The number of nitrogens with zero attached hydrogens (tertiary/aromatic N) is 1. The van der Waals surface area contributed by atoms with Crippen molar-refractivity contribution in [1.82, 2.24) is 4.72 Å². The molecular formula is C14H10ClF3N2O3S. The summed E-state index contributed by atoms with van der Waals surface area (Å²) in [5, 5.41) is 10.6. The Morgan fingerprint density at radius 3 is 2.42 bits per heavy atom. The summed E-state index contributed by atoms with van der Waals surface area (Å²) in [7, 11) is 1.61. The van der Waals surface area contributed by atoms with Gasteiger partial charge in [-0.2, -0.15) is 13.2 Å². The Balaban J connectivity index is 2.35. The highest BCUT2D eigenvalue weighted by Gasteiger charge is 2.31. The molecule has 0 aliphatic heterocycles. The van der Waals surface area contributed by atoms with Crippen LogP contribution in [0.2, 0.25) is 5.02 Å². The summed E-state index contributed by atoms with van der Waals surface area (Å²) in [5.74, 6) is 0.234. The van der Waals surface area contributed by atoms with E-state index < -0.39 is 16.7 Å². The zero-order chi connectivity index (χ0) is 17.9. The van der Waals surface area contributed by atoms with E-state index in [0.717, 1.165) is 30.1 Å². The van der Waals surface area contributed by atoms with Crippen molar-refractivity contribution < 1.29 is 22.8 Å². The van der Waals surface area contributed by atoms with E-state index >= 15 is 0 Å². The number of benzene rings is 2. The van der Waals surface area contributed by atoms with E-state index in [9.17, 15) is 23.3 Å². The van der Waals surface area contributed by atoms with E-state index in [-0.39, 0.29) is 22.2 Å². The minimum Gasteiger partial charge on any atom is -0.455 e. The third-order valence-corrected chi connectivity index (χ3v) is 3.87. The number of ether oxygens (including phenoxy) is 1. The Bertz CT molecular complexity index is 771. The maximum atomic E-state index is 12.6. The highest BCUT2D eigenvalue weighted by atomic mass is 35.5. The first-order chi connectivity index (χ1) is 11.2. The van der Waals surface area contributed by atoms with Crippen LogP contribution in [-0.4, -0.2) is 12.0 Å². The number of nitro groups is 1. The molecule has 0 spiro atoms. The molecule has 2 aromatic rings. The Morgan fingerprint density at radius 1 is 1.21 bits per heavy atom. The van der Waals surface area contributed by atoms with Gasteiger partial charge in [-0.1, -0.05) is 11.6 Å². The molecule has 0 heterocycles. The molecule has 0 saturated carbocycles. The number of hydrogen-bond donors (Lipinski definition) is 1. The average Bonchev–Trinajstić information content (AvgIpc) is 2.49. The van der Waals surface area contributed by atoms with Crippen LogP contribution in [0.4, 0.5) is 18.9 Å². The summed E-state index contributed by atoms with van der Waals surface area (Å²) in [5.41, 5.74) is -1.04. The highest BCUT2D eigenvalue weighted by molar-refractivity contribution is 7.97. The summed E-state index contributed by atoms with van der Waals surface area (Å²) in [6.45, 7) is 0. The molecule has 0 radical (unpaired) electrons. The Hall–Kier alpha value is -1.97. The molecule has 0 aliphatic rings. The number of hydrogen-bond acceptors (Lipinski definition) is 5. The zero-order valence-electron chi connectivity index (χ0n) is 12.1. The first-order valence-electron chi connectivity index (χ1n) is 6.39. The Morgan fingerprint density at radius 2 is 1.88 bits per heavy atom. The maximum Gasteiger partial charge on any atom is 0.416 e. The molecule has 0 bridgehead atoms. The van der Waals surface area contributed by atoms with E-state index in [1.54, 1.807) is 7.05 Å². The third-order valence-electron chi connectivity index (χ3n) is 2.83. The highest BCUT2D eigenvalue weighted by Crippen LogP contribution is 2.39. The van der Waals surface area contributed by atoms with Crippen LogP contribution in [0.3, 0.4) is 0 Å². The van der Waals surface area contributed by atoms with Gasteiger partial charge in [0, 0.05) is 12.1 Å². The number of rotatable bonds is 5. The van der Waals surface area contributed by atoms with Gasteiger partial charge in [0.1, 0.15) is 11.5 Å². The van der Waals surface area contributed by atoms with Gasteiger partial charge in [0.2, 0.25) is 0 Å². The van der Waals surface area contributed by atoms with Crippen LogP contribution in [0.15, 0.2) is 41.3 Å². The van der Waals surface area contributed by atoms with Crippen LogP contribution in [0, 0.1) is 10.1 Å². The molecule has 0 aliphatic carbocycles. The van der Waals surface area contributed by atoms with Crippen molar-refractivity contribution in [3.05, 3.63) is 57.1 Å². The lowest BCUT2D eigenvalue weighted by molar-refractivity contribution is -0.385. The van der Waals surface area contributed by atoms with E-state index in [1.165, 1.54) is 18.2 Å². The molecule has 0 saturated heterocycles. The molecule has 2 aromatic carbocycles. The fraction of sp³-hybridized carbons (Fsp3) is 0.143. The average molecular weight is 379 g/mol. The van der Waals surface area contributed by atoms with Crippen LogP contribution < -0.4 is 9.46 Å². The van der Waals surface area contributed by atoms with Crippen molar-refractivity contribution in [2.45, 2.75) is 11.1 Å². The molecule has 5 nitrogen and oxygen atoms in total. The normalized spacial score (nSPS) is 11.4. The second-order valence-corrected chi connectivity index (χ2v) is 5.90. The van der Waals surface area contributed by atoms with Gasteiger partial charge in [-0.15, -0.1) is 0 Å². The van der Waals surface area contributed by atoms with Crippen molar-refractivity contribution in [3.63, 3.8) is 0 Å². The maximum absolute atomic E-state index is 12.6. The molecule has 10 heteroatoms. The predicted molar refractivity (Wildman–Crippen MR) is 84.5 cm³/mol. The van der Waals surface area contributed by atoms with Crippen LogP contribution in [0.25, 0.3) is 0 Å². The predicted octanol–water partition coefficient (Wildman–Crippen LogP) is 5.29. The topological polar surface area (TPSA) is 64.4 Å². The number of nitro benzene ring substituents is 1. The lowest BCUT2D eigenvalue weighted by Gasteiger charge is -2.13. The molecule has 2 rings (SSSR count). The van der Waals surface area contributed by atoms with E-state index in [2.05, 4.69) is 4.72 Å². The van der Waals surface area contributed by atoms with Gasteiger partial charge in [-0.25, -0.2) is 0 Å². The fourth-order valence-corrected chi connectivity index (χ4v) is 2.59. The van der Waals surface area contributed by atoms with Gasteiger partial charge >= 0.3 is 6.18 Å². The summed E-state index contributed by atoms with van der Waals surface area (Å²) in [4.78, 5) is 10.7. The minimum absolute atomic E-state index is 0.0106. The van der Waals surface area contributed by atoms with Gasteiger partial charge in [-0.3, -0.25) is 14.8 Å². The standard InChI is InChI=1S/C14H10ClF3N2O3S/c1-19-24-13-7-9(20(21)22)3-5-12(13)23-11-4-2-8(6-10(11)15)14(16,17)18/h2-7,19H,1H3. The first-order valence-corrected chi connectivity index (χ1v) is 7.58. The fourth-order valence-electron chi connectivity index (χ4n) is 1.76. The van der Waals surface area contributed by atoms with Crippen molar-refractivity contribution in [2.75, 3.05) is 7.05 Å². The monoisotopic (exact) mass is 378 g/mol. The summed E-state index contributed by atoms with van der Waals surface area (Å²) in [6, 6.07) is 6.57. The van der Waals surface area contributed by atoms with Crippen LogP contribution in [-0.2, 0) is 6.18 Å². The van der Waals surface area contributed by atoms with Gasteiger partial charge in [0.25, 0.3) is 5.69 Å². The third kappa shape index (κ3) is 4.31. The van der Waals surface area contributed by atoms with Crippen molar-refractivity contribution in [1.29, 1.82) is 0 Å². The first kappa shape index (κ1) is 18.4. The Labute approximate surface area is 144 Å². The van der Waals surface area contributed by atoms with Crippen LogP contribution in [0.5, 0.6) is 11.5 Å². The van der Waals surface area contributed by atoms with Gasteiger partial charge in [-0.05, 0) is 43.3 Å². The summed E-state index contributed by atoms with van der Waals surface area (Å²) < 4.78 is 46.2. The van der Waals surface area contributed by atoms with Crippen molar-refractivity contribution in [3.8, 4) is 11.5 Å². The SMILES string of the molecule is CNSc1cc([N+](=O)[O-])ccc1Oc1ccc(C(F)(F)F)cc1Cl. The molecule has 0 atom stereocenters. The zero-order valence-corrected chi connectivity index (χ0v) is 13.6. The van der Waals surface area contributed by atoms with Gasteiger partial charge in [0.05, 0.1) is 20.4 Å². The number of nitrogens with one attached hydrogen (secondary N) is 1. The van der Waals surface area contributed by atoms with Crippen LogP contribution >= 0.6 is 23.5 Å². The quantitative estimate of drug-likeness (QED) is 0.435. The van der Waals surface area contributed by atoms with Gasteiger partial charge < -0.3 is 4.74 Å². The van der Waals surface area contributed by atoms with Crippen LogP contribution in [0.1, 0.15) is 5.56 Å². The van der Waals surface area contributed by atoms with Gasteiger partial charge in [0.15, 0.2) is 0 Å². The number of alkyl halides is 3. The minimum atomic E-state index is -4.51. The summed E-state index contributed by atoms with van der Waals surface area (Å²) >= 11 is 6.90. The van der Waals surface area contributed by atoms with Crippen molar-refractivity contribution >= 4 is 29.2 Å². The molecule has 24 heavy (non-hydrogen) atoms. The summed E-state index contributed by atoms with van der Waals surface area (Å²) in [6.07, 6.45) is -4.51. The molecule has 0 aromatic heterocycles. The van der Waals surface area contributed by atoms with Crippen molar-refractivity contribution in [2.24, 2.45) is 0 Å². The number of halogens is 4. The molecule has 1 N–H and O–H groups in total. The van der Waals surface area contributed by atoms with E-state index in [4.69, 9.17) is 16.3 Å². The molecule has 0 unspecified atom stereocenters. The molecule has 128 valence electrons. The number of non-ortho nitro benzene ring substituents is 1.